The zero-order valence-corrected chi connectivity index (χ0v) is 10.2. The molecule has 0 amide bonds. The fraction of sp³-hybridized carbons (Fsp3) is 0.455. The van der Waals surface area contributed by atoms with Gasteiger partial charge in [-0.3, -0.25) is 0 Å². The van der Waals surface area contributed by atoms with Crippen molar-refractivity contribution < 1.29 is 5.11 Å². The third-order valence-electron chi connectivity index (χ3n) is 1.97. The van der Waals surface area contributed by atoms with Crippen LogP contribution in [0.2, 0.25) is 0 Å². The maximum absolute atomic E-state index is 8.91. The summed E-state index contributed by atoms with van der Waals surface area (Å²) in [5.41, 5.74) is 1.37. The second kappa shape index (κ2) is 6.38. The SMILES string of the molecule is CSc1ccccc1CSC(C)CO. The molecule has 1 rings (SSSR count). The van der Waals surface area contributed by atoms with Crippen LogP contribution in [0.3, 0.4) is 0 Å². The highest BCUT2D eigenvalue weighted by atomic mass is 32.2. The maximum atomic E-state index is 8.91. The number of benzene rings is 1. The predicted octanol–water partition coefficient (Wildman–Crippen LogP) is 3.02. The average Bonchev–Trinajstić information content (AvgIpc) is 2.26. The minimum absolute atomic E-state index is 0.256. The van der Waals surface area contributed by atoms with Crippen LogP contribution in [0.25, 0.3) is 0 Å². The minimum atomic E-state index is 0.256. The molecule has 1 unspecified atom stereocenters. The topological polar surface area (TPSA) is 20.2 Å². The second-order valence-electron chi connectivity index (χ2n) is 3.12. The Hall–Kier alpha value is -0.120. The van der Waals surface area contributed by atoms with Gasteiger partial charge in [-0.25, -0.2) is 0 Å². The molecule has 78 valence electrons. The van der Waals surface area contributed by atoms with Crippen molar-refractivity contribution in [1.29, 1.82) is 0 Å². The summed E-state index contributed by atoms with van der Waals surface area (Å²) in [6.45, 7) is 2.30. The van der Waals surface area contributed by atoms with E-state index in [4.69, 9.17) is 5.11 Å². The summed E-state index contributed by atoms with van der Waals surface area (Å²) in [4.78, 5) is 1.34. The molecule has 0 fully saturated rings. The fourth-order valence-electron chi connectivity index (χ4n) is 1.11. The molecular formula is C11H16OS2. The van der Waals surface area contributed by atoms with Crippen LogP contribution in [0.15, 0.2) is 29.2 Å². The molecule has 0 heterocycles. The first-order valence-corrected chi connectivity index (χ1v) is 6.89. The van der Waals surface area contributed by atoms with Crippen LogP contribution in [0.1, 0.15) is 12.5 Å². The molecule has 1 N–H and O–H groups in total. The molecule has 3 heteroatoms. The highest BCUT2D eigenvalue weighted by molar-refractivity contribution is 7.99. The van der Waals surface area contributed by atoms with E-state index >= 15 is 0 Å². The molecule has 1 aromatic carbocycles. The summed E-state index contributed by atoms with van der Waals surface area (Å²) >= 11 is 3.57. The highest BCUT2D eigenvalue weighted by Gasteiger charge is 2.04. The molecule has 1 nitrogen and oxygen atoms in total. The molecule has 0 spiro atoms. The third kappa shape index (κ3) is 3.56. The van der Waals surface area contributed by atoms with E-state index in [0.29, 0.717) is 5.25 Å². The molecule has 0 bridgehead atoms. The van der Waals surface area contributed by atoms with E-state index in [1.54, 1.807) is 23.5 Å². The van der Waals surface area contributed by atoms with Crippen LogP contribution in [-0.2, 0) is 5.75 Å². The Kier molecular flexibility index (Phi) is 5.45. The van der Waals surface area contributed by atoms with Crippen LogP contribution in [0.4, 0.5) is 0 Å². The van der Waals surface area contributed by atoms with Crippen LogP contribution in [0.5, 0.6) is 0 Å². The van der Waals surface area contributed by atoms with Crippen LogP contribution in [0, 0.1) is 0 Å². The normalized spacial score (nSPS) is 12.8. The van der Waals surface area contributed by atoms with Crippen molar-refractivity contribution in [3.8, 4) is 0 Å². The Labute approximate surface area is 94.3 Å². The van der Waals surface area contributed by atoms with Gasteiger partial charge in [-0.1, -0.05) is 25.1 Å². The largest absolute Gasteiger partial charge is 0.395 e. The Morgan fingerprint density at radius 1 is 1.36 bits per heavy atom. The van der Waals surface area contributed by atoms with Crippen LogP contribution >= 0.6 is 23.5 Å². The van der Waals surface area contributed by atoms with Gasteiger partial charge in [0.1, 0.15) is 0 Å². The third-order valence-corrected chi connectivity index (χ3v) is 4.01. The predicted molar refractivity (Wildman–Crippen MR) is 66.1 cm³/mol. The minimum Gasteiger partial charge on any atom is -0.395 e. The lowest BCUT2D eigenvalue weighted by Gasteiger charge is -2.10. The first-order valence-electron chi connectivity index (χ1n) is 4.62. The Morgan fingerprint density at radius 3 is 2.71 bits per heavy atom. The number of thioether (sulfide) groups is 2. The lowest BCUT2D eigenvalue weighted by atomic mass is 10.2. The highest BCUT2D eigenvalue weighted by Crippen LogP contribution is 2.25. The number of hydrogen-bond donors (Lipinski definition) is 1. The van der Waals surface area contributed by atoms with Crippen LogP contribution < -0.4 is 0 Å². The molecule has 0 aliphatic carbocycles. The Morgan fingerprint density at radius 2 is 2.07 bits per heavy atom. The van der Waals surface area contributed by atoms with Gasteiger partial charge in [0.2, 0.25) is 0 Å². The fourth-order valence-corrected chi connectivity index (χ4v) is 2.64. The van der Waals surface area contributed by atoms with Gasteiger partial charge in [0.15, 0.2) is 0 Å². The molecule has 14 heavy (non-hydrogen) atoms. The van der Waals surface area contributed by atoms with Gasteiger partial charge in [0.05, 0.1) is 6.61 Å². The van der Waals surface area contributed by atoms with Gasteiger partial charge in [-0.05, 0) is 17.9 Å². The molecule has 1 atom stereocenters. The Bertz CT molecular complexity index is 276. The summed E-state index contributed by atoms with van der Waals surface area (Å²) in [5, 5.41) is 9.24. The lowest BCUT2D eigenvalue weighted by Crippen LogP contribution is -2.02. The molecule has 0 saturated heterocycles. The molecule has 0 radical (unpaired) electrons. The van der Waals surface area contributed by atoms with Crippen molar-refractivity contribution in [2.24, 2.45) is 0 Å². The molecule has 0 aliphatic heterocycles. The number of hydrogen-bond acceptors (Lipinski definition) is 3. The van der Waals surface area contributed by atoms with Gasteiger partial charge in [-0.15, -0.1) is 11.8 Å². The first-order chi connectivity index (χ1) is 6.77. The number of aliphatic hydroxyl groups is 1. The maximum Gasteiger partial charge on any atom is 0.0547 e. The summed E-state index contributed by atoms with van der Waals surface area (Å²) in [6, 6.07) is 8.43. The van der Waals surface area contributed by atoms with E-state index < -0.39 is 0 Å². The zero-order valence-electron chi connectivity index (χ0n) is 8.56. The monoisotopic (exact) mass is 228 g/mol. The molecule has 0 aliphatic rings. The van der Waals surface area contributed by atoms with Crippen molar-refractivity contribution in [3.63, 3.8) is 0 Å². The van der Waals surface area contributed by atoms with Crippen molar-refractivity contribution in [2.45, 2.75) is 22.8 Å². The molecule has 0 aromatic heterocycles. The van der Waals surface area contributed by atoms with Gasteiger partial charge >= 0.3 is 0 Å². The summed E-state index contributed by atoms with van der Waals surface area (Å²) in [7, 11) is 0. The van der Waals surface area contributed by atoms with Crippen molar-refractivity contribution in [2.75, 3.05) is 12.9 Å². The van der Waals surface area contributed by atoms with Gasteiger partial charge in [-0.2, -0.15) is 11.8 Å². The van der Waals surface area contributed by atoms with E-state index in [1.165, 1.54) is 10.5 Å². The smallest absolute Gasteiger partial charge is 0.0547 e. The van der Waals surface area contributed by atoms with Gasteiger partial charge in [0, 0.05) is 15.9 Å². The molecular weight excluding hydrogens is 212 g/mol. The Balaban J connectivity index is 2.57. The van der Waals surface area contributed by atoms with E-state index in [2.05, 4.69) is 30.5 Å². The lowest BCUT2D eigenvalue weighted by molar-refractivity contribution is 0.300. The summed E-state index contributed by atoms with van der Waals surface area (Å²) in [5.74, 6) is 0.985. The van der Waals surface area contributed by atoms with E-state index in [-0.39, 0.29) is 6.61 Å². The average molecular weight is 228 g/mol. The van der Waals surface area contributed by atoms with Crippen molar-refractivity contribution >= 4 is 23.5 Å². The first kappa shape index (κ1) is 12.0. The van der Waals surface area contributed by atoms with Crippen molar-refractivity contribution in [1.82, 2.24) is 0 Å². The van der Waals surface area contributed by atoms with Crippen molar-refractivity contribution in [3.05, 3.63) is 29.8 Å². The van der Waals surface area contributed by atoms with Gasteiger partial charge in [0.25, 0.3) is 0 Å². The summed E-state index contributed by atoms with van der Waals surface area (Å²) < 4.78 is 0. The van der Waals surface area contributed by atoms with E-state index in [9.17, 15) is 0 Å². The molecule has 0 saturated carbocycles. The zero-order chi connectivity index (χ0) is 10.4. The van der Waals surface area contributed by atoms with E-state index in [1.807, 2.05) is 6.92 Å². The number of rotatable bonds is 5. The quantitative estimate of drug-likeness (QED) is 0.782. The van der Waals surface area contributed by atoms with E-state index in [0.717, 1.165) is 5.75 Å². The van der Waals surface area contributed by atoms with Crippen LogP contribution in [-0.4, -0.2) is 23.2 Å². The van der Waals surface area contributed by atoms with Gasteiger partial charge < -0.3 is 5.11 Å². The second-order valence-corrected chi connectivity index (χ2v) is 5.39. The molecule has 1 aromatic rings. The number of aliphatic hydroxyl groups excluding tert-OH is 1. The standard InChI is InChI=1S/C11H16OS2/c1-9(7-12)14-8-10-5-3-4-6-11(10)13-2/h3-6,9,12H,7-8H2,1-2H3. The summed E-state index contributed by atoms with van der Waals surface area (Å²) in [6.07, 6.45) is 2.10.